The minimum absolute atomic E-state index is 0.00900. The molecule has 0 bridgehead atoms. The number of amides is 1. The lowest BCUT2D eigenvalue weighted by Gasteiger charge is -2.31. The molecule has 0 aliphatic carbocycles. The van der Waals surface area contributed by atoms with Crippen molar-refractivity contribution in [2.75, 3.05) is 13.1 Å². The average Bonchev–Trinajstić information content (AvgIpc) is 3.17. The van der Waals surface area contributed by atoms with Crippen molar-refractivity contribution in [2.45, 2.75) is 44.0 Å². The van der Waals surface area contributed by atoms with Gasteiger partial charge >= 0.3 is 0 Å². The number of H-pyrrole nitrogens is 1. The van der Waals surface area contributed by atoms with Crippen LogP contribution in [0.3, 0.4) is 0 Å². The molecule has 2 aromatic heterocycles. The lowest BCUT2D eigenvalue weighted by molar-refractivity contribution is -0.121. The summed E-state index contributed by atoms with van der Waals surface area (Å²) in [5.74, 6) is -0.00900. The smallest absolute Gasteiger partial charge is 0.246 e. The Hall–Kier alpha value is -1.71. The molecule has 1 saturated heterocycles. The molecule has 0 radical (unpaired) electrons. The number of hydrogen-bond acceptors (Lipinski definition) is 5. The SMILES string of the molecule is Cc1n[nH]c(C)c1S(=O)(=O)N1CCC(NC(=O)Cc2cccs2)CC1. The molecule has 9 heteroatoms. The monoisotopic (exact) mass is 382 g/mol. The maximum atomic E-state index is 12.8. The van der Waals surface area contributed by atoms with Crippen molar-refractivity contribution >= 4 is 27.3 Å². The summed E-state index contributed by atoms with van der Waals surface area (Å²) < 4.78 is 27.1. The van der Waals surface area contributed by atoms with Gasteiger partial charge in [0.25, 0.3) is 0 Å². The van der Waals surface area contributed by atoms with Crippen molar-refractivity contribution in [3.05, 3.63) is 33.8 Å². The molecule has 7 nitrogen and oxygen atoms in total. The highest BCUT2D eigenvalue weighted by atomic mass is 32.2. The van der Waals surface area contributed by atoms with Crippen LogP contribution in [0.1, 0.15) is 29.1 Å². The number of nitrogens with one attached hydrogen (secondary N) is 2. The molecule has 0 spiro atoms. The Balaban J connectivity index is 1.57. The van der Waals surface area contributed by atoms with Crippen molar-refractivity contribution in [2.24, 2.45) is 0 Å². The third kappa shape index (κ3) is 3.94. The fourth-order valence-corrected chi connectivity index (χ4v) is 5.65. The standard InChI is InChI=1S/C16H22N4O3S2/c1-11-16(12(2)19-18-11)25(22,23)20-7-5-13(6-8-20)17-15(21)10-14-4-3-9-24-14/h3-4,9,13H,5-8,10H2,1-2H3,(H,17,21)(H,18,19). The second kappa shape index (κ2) is 7.27. The normalized spacial score (nSPS) is 16.9. The van der Waals surface area contributed by atoms with Gasteiger partial charge in [-0.25, -0.2) is 8.42 Å². The summed E-state index contributed by atoms with van der Waals surface area (Å²) >= 11 is 1.56. The molecule has 0 saturated carbocycles. The van der Waals surface area contributed by atoms with E-state index in [1.54, 1.807) is 25.2 Å². The lowest BCUT2D eigenvalue weighted by atomic mass is 10.1. The number of aromatic nitrogens is 2. The molecule has 1 amide bonds. The van der Waals surface area contributed by atoms with Crippen LogP contribution < -0.4 is 5.32 Å². The van der Waals surface area contributed by atoms with E-state index in [0.717, 1.165) is 4.88 Å². The van der Waals surface area contributed by atoms with Gasteiger partial charge in [0.05, 0.1) is 17.8 Å². The summed E-state index contributed by atoms with van der Waals surface area (Å²) in [7, 11) is -3.54. The van der Waals surface area contributed by atoms with Gasteiger partial charge in [-0.1, -0.05) is 6.07 Å². The van der Waals surface area contributed by atoms with Crippen molar-refractivity contribution in [1.82, 2.24) is 19.8 Å². The third-order valence-corrected chi connectivity index (χ3v) is 7.43. The molecule has 1 aliphatic heterocycles. The van der Waals surface area contributed by atoms with E-state index in [1.165, 1.54) is 4.31 Å². The highest BCUT2D eigenvalue weighted by Crippen LogP contribution is 2.24. The summed E-state index contributed by atoms with van der Waals surface area (Å²) in [4.78, 5) is 13.4. The van der Waals surface area contributed by atoms with Crippen molar-refractivity contribution in [3.63, 3.8) is 0 Å². The number of rotatable bonds is 5. The van der Waals surface area contributed by atoms with E-state index in [0.29, 0.717) is 43.7 Å². The first-order valence-electron chi connectivity index (χ1n) is 8.21. The largest absolute Gasteiger partial charge is 0.353 e. The first-order chi connectivity index (χ1) is 11.9. The lowest BCUT2D eigenvalue weighted by Crippen LogP contribution is -2.46. The Bertz CT molecular complexity index is 815. The van der Waals surface area contributed by atoms with Crippen LogP contribution in [0.25, 0.3) is 0 Å². The van der Waals surface area contributed by atoms with Crippen LogP contribution in [0.4, 0.5) is 0 Å². The fraction of sp³-hybridized carbons (Fsp3) is 0.500. The van der Waals surface area contributed by atoms with Crippen LogP contribution >= 0.6 is 11.3 Å². The van der Waals surface area contributed by atoms with Gasteiger partial charge in [0, 0.05) is 24.0 Å². The van der Waals surface area contributed by atoms with Gasteiger partial charge in [0.1, 0.15) is 4.90 Å². The number of aryl methyl sites for hydroxylation is 2. The Morgan fingerprint density at radius 1 is 1.40 bits per heavy atom. The van der Waals surface area contributed by atoms with Gasteiger partial charge in [0.2, 0.25) is 15.9 Å². The Morgan fingerprint density at radius 3 is 2.68 bits per heavy atom. The maximum absolute atomic E-state index is 12.8. The highest BCUT2D eigenvalue weighted by molar-refractivity contribution is 7.89. The zero-order valence-corrected chi connectivity index (χ0v) is 15.9. The van der Waals surface area contributed by atoms with Crippen molar-refractivity contribution < 1.29 is 13.2 Å². The van der Waals surface area contributed by atoms with Crippen LogP contribution in [0.2, 0.25) is 0 Å². The van der Waals surface area contributed by atoms with Gasteiger partial charge in [-0.2, -0.15) is 9.40 Å². The van der Waals surface area contributed by atoms with Crippen LogP contribution in [-0.4, -0.2) is 48.0 Å². The molecular formula is C16H22N4O3S2. The van der Waals surface area contributed by atoms with E-state index in [-0.39, 0.29) is 16.8 Å². The number of nitrogens with zero attached hydrogens (tertiary/aromatic N) is 2. The Morgan fingerprint density at radius 2 is 2.12 bits per heavy atom. The molecule has 3 heterocycles. The average molecular weight is 383 g/mol. The number of sulfonamides is 1. The summed E-state index contributed by atoms with van der Waals surface area (Å²) in [6, 6.07) is 3.89. The number of carbonyl (C=O) groups is 1. The predicted octanol–water partition coefficient (Wildman–Crippen LogP) is 1.60. The topological polar surface area (TPSA) is 95.2 Å². The van der Waals surface area contributed by atoms with Gasteiger partial charge in [-0.3, -0.25) is 9.89 Å². The Kier molecular flexibility index (Phi) is 5.26. The fourth-order valence-electron chi connectivity index (χ4n) is 3.14. The number of aromatic amines is 1. The zero-order chi connectivity index (χ0) is 18.0. The van der Waals surface area contributed by atoms with Crippen LogP contribution in [0.5, 0.6) is 0 Å². The van der Waals surface area contributed by atoms with Gasteiger partial charge in [-0.15, -0.1) is 11.3 Å². The van der Waals surface area contributed by atoms with E-state index < -0.39 is 10.0 Å². The molecule has 0 aromatic carbocycles. The summed E-state index contributed by atoms with van der Waals surface area (Å²) in [6.07, 6.45) is 1.61. The minimum Gasteiger partial charge on any atom is -0.353 e. The number of thiophene rings is 1. The maximum Gasteiger partial charge on any atom is 0.246 e. The van der Waals surface area contributed by atoms with E-state index in [1.807, 2.05) is 17.5 Å². The molecule has 1 aliphatic rings. The molecule has 2 N–H and O–H groups in total. The predicted molar refractivity (Wildman–Crippen MR) is 96.0 cm³/mol. The van der Waals surface area contributed by atoms with Crippen molar-refractivity contribution in [1.29, 1.82) is 0 Å². The third-order valence-electron chi connectivity index (χ3n) is 4.39. The molecule has 25 heavy (non-hydrogen) atoms. The number of hydrogen-bond donors (Lipinski definition) is 2. The zero-order valence-electron chi connectivity index (χ0n) is 14.3. The van der Waals surface area contributed by atoms with Gasteiger partial charge in [0.15, 0.2) is 0 Å². The first kappa shape index (κ1) is 18.1. The molecule has 0 unspecified atom stereocenters. The Labute approximate surface area is 151 Å². The van der Waals surface area contributed by atoms with Crippen LogP contribution in [0.15, 0.2) is 22.4 Å². The molecule has 2 aromatic rings. The molecule has 3 rings (SSSR count). The minimum atomic E-state index is -3.54. The van der Waals surface area contributed by atoms with E-state index in [2.05, 4.69) is 15.5 Å². The molecule has 136 valence electrons. The molecular weight excluding hydrogens is 360 g/mol. The summed E-state index contributed by atoms with van der Waals surface area (Å²) in [6.45, 7) is 4.20. The first-order valence-corrected chi connectivity index (χ1v) is 10.5. The van der Waals surface area contributed by atoms with E-state index in [9.17, 15) is 13.2 Å². The van der Waals surface area contributed by atoms with Crippen LogP contribution in [0, 0.1) is 13.8 Å². The molecule has 0 atom stereocenters. The number of carbonyl (C=O) groups excluding carboxylic acids is 1. The van der Waals surface area contributed by atoms with Gasteiger partial charge < -0.3 is 5.32 Å². The van der Waals surface area contributed by atoms with Gasteiger partial charge in [-0.05, 0) is 38.1 Å². The van der Waals surface area contributed by atoms with E-state index >= 15 is 0 Å². The highest BCUT2D eigenvalue weighted by Gasteiger charge is 2.33. The van der Waals surface area contributed by atoms with Crippen molar-refractivity contribution in [3.8, 4) is 0 Å². The summed E-state index contributed by atoms with van der Waals surface area (Å²) in [5.41, 5.74) is 1.05. The second-order valence-electron chi connectivity index (χ2n) is 6.27. The molecule has 1 fully saturated rings. The number of piperidine rings is 1. The quantitative estimate of drug-likeness (QED) is 0.821. The summed E-state index contributed by atoms with van der Waals surface area (Å²) in [5, 5.41) is 11.7. The van der Waals surface area contributed by atoms with Crippen LogP contribution in [-0.2, 0) is 21.2 Å². The van der Waals surface area contributed by atoms with E-state index in [4.69, 9.17) is 0 Å². The second-order valence-corrected chi connectivity index (χ2v) is 9.17.